The molecule has 12 heteroatoms. The summed E-state index contributed by atoms with van der Waals surface area (Å²) < 4.78 is 10.4. The van der Waals surface area contributed by atoms with Crippen molar-refractivity contribution in [3.05, 3.63) is 104 Å². The standard InChI is InChI=1S/C28H22Cl2N4O5S/c1-15-24(26(36)34-21-7-4-3-6-19(21)28(37)38-2)25(22-8-5-9-39-22)20(13-31)27(32-15)40-14-23(35)33-18-11-16(29)10-17(30)12-18/h3-12,25,32H,14H2,1-2H3,(H,33,35)(H,34,36). The number of nitrogens with zero attached hydrogens (tertiary/aromatic N) is 1. The van der Waals surface area contributed by atoms with Gasteiger partial charge in [-0.05, 0) is 49.4 Å². The molecule has 0 aliphatic carbocycles. The van der Waals surface area contributed by atoms with E-state index in [4.69, 9.17) is 32.4 Å². The van der Waals surface area contributed by atoms with Gasteiger partial charge < -0.3 is 25.1 Å². The number of halogens is 2. The Morgan fingerprint density at radius 1 is 1.10 bits per heavy atom. The number of carbonyl (C=O) groups excluding carboxylic acids is 3. The number of dihydropyridines is 1. The smallest absolute Gasteiger partial charge is 0.339 e. The molecule has 3 aromatic rings. The first-order chi connectivity index (χ1) is 19.2. The van der Waals surface area contributed by atoms with Crippen molar-refractivity contribution in [1.29, 1.82) is 5.26 Å². The average molecular weight is 597 g/mol. The van der Waals surface area contributed by atoms with Gasteiger partial charge in [-0.3, -0.25) is 9.59 Å². The molecule has 2 heterocycles. The maximum atomic E-state index is 13.6. The van der Waals surface area contributed by atoms with Crippen LogP contribution in [0, 0.1) is 11.3 Å². The first-order valence-electron chi connectivity index (χ1n) is 11.7. The van der Waals surface area contributed by atoms with Crippen LogP contribution >= 0.6 is 35.0 Å². The third kappa shape index (κ3) is 6.51. The lowest BCUT2D eigenvalue weighted by atomic mass is 9.85. The predicted octanol–water partition coefficient (Wildman–Crippen LogP) is 6.08. The summed E-state index contributed by atoms with van der Waals surface area (Å²) in [5.74, 6) is -2.07. The molecular weight excluding hydrogens is 575 g/mol. The van der Waals surface area contributed by atoms with Gasteiger partial charge in [0.25, 0.3) is 5.91 Å². The number of carbonyl (C=O) groups is 3. The van der Waals surface area contributed by atoms with Crippen molar-refractivity contribution in [1.82, 2.24) is 5.32 Å². The fraction of sp³-hybridized carbons (Fsp3) is 0.143. The Morgan fingerprint density at radius 2 is 1.82 bits per heavy atom. The fourth-order valence-corrected chi connectivity index (χ4v) is 5.52. The number of nitriles is 1. The summed E-state index contributed by atoms with van der Waals surface area (Å²) in [6, 6.07) is 16.6. The van der Waals surface area contributed by atoms with Gasteiger partial charge >= 0.3 is 5.97 Å². The molecule has 0 bridgehead atoms. The molecule has 1 atom stereocenters. The second-order valence-electron chi connectivity index (χ2n) is 8.45. The second-order valence-corrected chi connectivity index (χ2v) is 10.3. The Hall–Kier alpha value is -4.17. The Labute approximate surface area is 244 Å². The van der Waals surface area contributed by atoms with Crippen molar-refractivity contribution < 1.29 is 23.5 Å². The highest BCUT2D eigenvalue weighted by molar-refractivity contribution is 8.03. The number of thioether (sulfide) groups is 1. The number of hydrogen-bond acceptors (Lipinski definition) is 8. The number of para-hydroxylation sites is 1. The zero-order valence-electron chi connectivity index (χ0n) is 21.2. The summed E-state index contributed by atoms with van der Waals surface area (Å²) in [5, 5.41) is 19.9. The third-order valence-corrected chi connectivity index (χ3v) is 7.25. The molecule has 40 heavy (non-hydrogen) atoms. The van der Waals surface area contributed by atoms with Crippen LogP contribution in [0.15, 0.2) is 87.1 Å². The van der Waals surface area contributed by atoms with Crippen LogP contribution in [0.2, 0.25) is 10.0 Å². The van der Waals surface area contributed by atoms with Gasteiger partial charge in [-0.1, -0.05) is 47.1 Å². The number of hydrogen-bond donors (Lipinski definition) is 3. The number of rotatable bonds is 8. The van der Waals surface area contributed by atoms with Crippen molar-refractivity contribution in [3.8, 4) is 6.07 Å². The number of methoxy groups -OCH3 is 1. The molecule has 204 valence electrons. The van der Waals surface area contributed by atoms with Crippen LogP contribution in [0.4, 0.5) is 11.4 Å². The van der Waals surface area contributed by atoms with E-state index in [9.17, 15) is 19.6 Å². The number of benzene rings is 2. The normalized spacial score (nSPS) is 14.7. The van der Waals surface area contributed by atoms with Gasteiger partial charge in [-0.25, -0.2) is 4.79 Å². The molecule has 0 spiro atoms. The van der Waals surface area contributed by atoms with Gasteiger partial charge in [0, 0.05) is 21.4 Å². The van der Waals surface area contributed by atoms with Gasteiger partial charge in [0.1, 0.15) is 5.76 Å². The lowest BCUT2D eigenvalue weighted by Gasteiger charge is -2.28. The minimum atomic E-state index is -0.871. The van der Waals surface area contributed by atoms with Crippen LogP contribution in [0.5, 0.6) is 0 Å². The van der Waals surface area contributed by atoms with E-state index in [0.717, 1.165) is 11.8 Å². The number of anilines is 2. The molecule has 2 aromatic carbocycles. The maximum Gasteiger partial charge on any atom is 0.339 e. The summed E-state index contributed by atoms with van der Waals surface area (Å²) in [6.45, 7) is 1.68. The summed E-state index contributed by atoms with van der Waals surface area (Å²) in [6.07, 6.45) is 1.44. The number of amides is 2. The van der Waals surface area contributed by atoms with Crippen LogP contribution in [0.1, 0.15) is 29.0 Å². The predicted molar refractivity (Wildman–Crippen MR) is 154 cm³/mol. The van der Waals surface area contributed by atoms with Crippen molar-refractivity contribution in [2.75, 3.05) is 23.5 Å². The molecule has 1 aliphatic heterocycles. The largest absolute Gasteiger partial charge is 0.468 e. The molecule has 0 radical (unpaired) electrons. The third-order valence-electron chi connectivity index (χ3n) is 5.79. The second kappa shape index (κ2) is 12.8. The van der Waals surface area contributed by atoms with E-state index in [0.29, 0.717) is 32.2 Å². The molecule has 9 nitrogen and oxygen atoms in total. The van der Waals surface area contributed by atoms with Crippen LogP contribution in [0.3, 0.4) is 0 Å². The highest BCUT2D eigenvalue weighted by Gasteiger charge is 2.37. The van der Waals surface area contributed by atoms with Crippen molar-refractivity contribution in [2.45, 2.75) is 12.8 Å². The van der Waals surface area contributed by atoms with Gasteiger partial charge in [-0.15, -0.1) is 0 Å². The number of ether oxygens (including phenoxy) is 1. The zero-order chi connectivity index (χ0) is 28.8. The lowest BCUT2D eigenvalue weighted by Crippen LogP contribution is -2.31. The highest BCUT2D eigenvalue weighted by Crippen LogP contribution is 2.41. The number of allylic oxidation sites excluding steroid dienone is 2. The summed E-state index contributed by atoms with van der Waals surface area (Å²) in [5.41, 5.74) is 1.71. The molecule has 4 rings (SSSR count). The molecule has 1 aromatic heterocycles. The van der Waals surface area contributed by atoms with Crippen molar-refractivity contribution in [2.24, 2.45) is 0 Å². The lowest BCUT2D eigenvalue weighted by molar-refractivity contribution is -0.114. The van der Waals surface area contributed by atoms with Gasteiger partial charge in [0.15, 0.2) is 0 Å². The average Bonchev–Trinajstić information content (AvgIpc) is 3.45. The zero-order valence-corrected chi connectivity index (χ0v) is 23.5. The van der Waals surface area contributed by atoms with Gasteiger partial charge in [0.2, 0.25) is 5.91 Å². The van der Waals surface area contributed by atoms with E-state index in [-0.39, 0.29) is 34.1 Å². The Bertz CT molecular complexity index is 1560. The van der Waals surface area contributed by atoms with E-state index in [2.05, 4.69) is 22.0 Å². The molecular formula is C28H22Cl2N4O5S. The minimum absolute atomic E-state index is 0.0518. The Kier molecular flexibility index (Phi) is 9.22. The number of esters is 1. The molecule has 1 aliphatic rings. The fourth-order valence-electron chi connectivity index (χ4n) is 4.10. The van der Waals surface area contributed by atoms with Gasteiger partial charge in [0.05, 0.1) is 58.5 Å². The number of furan rings is 1. The van der Waals surface area contributed by atoms with Crippen molar-refractivity contribution in [3.63, 3.8) is 0 Å². The monoisotopic (exact) mass is 596 g/mol. The molecule has 0 saturated heterocycles. The van der Waals surface area contributed by atoms with E-state index < -0.39 is 17.8 Å². The summed E-state index contributed by atoms with van der Waals surface area (Å²) in [7, 11) is 1.25. The Morgan fingerprint density at radius 3 is 2.48 bits per heavy atom. The molecule has 1 unspecified atom stereocenters. The van der Waals surface area contributed by atoms with E-state index in [1.807, 2.05) is 0 Å². The first-order valence-corrected chi connectivity index (χ1v) is 13.5. The van der Waals surface area contributed by atoms with Gasteiger partial charge in [-0.2, -0.15) is 5.26 Å². The maximum absolute atomic E-state index is 13.6. The van der Waals surface area contributed by atoms with Crippen LogP contribution in [0.25, 0.3) is 0 Å². The topological polar surface area (TPSA) is 133 Å². The van der Waals surface area contributed by atoms with E-state index in [1.54, 1.807) is 55.5 Å². The van der Waals surface area contributed by atoms with Crippen LogP contribution in [-0.2, 0) is 14.3 Å². The van der Waals surface area contributed by atoms with Crippen LogP contribution < -0.4 is 16.0 Å². The highest BCUT2D eigenvalue weighted by atomic mass is 35.5. The molecule has 0 fully saturated rings. The molecule has 0 saturated carbocycles. The quantitative estimate of drug-likeness (QED) is 0.266. The number of nitrogens with one attached hydrogen (secondary N) is 3. The van der Waals surface area contributed by atoms with E-state index in [1.165, 1.54) is 19.4 Å². The summed E-state index contributed by atoms with van der Waals surface area (Å²) >= 11 is 13.1. The summed E-state index contributed by atoms with van der Waals surface area (Å²) in [4.78, 5) is 38.5. The van der Waals surface area contributed by atoms with E-state index >= 15 is 0 Å². The SMILES string of the molecule is COC(=O)c1ccccc1NC(=O)C1=C(C)NC(SCC(=O)Nc2cc(Cl)cc(Cl)c2)=C(C#N)C1c1ccco1. The Balaban J connectivity index is 1.60. The molecule has 2 amide bonds. The van der Waals surface area contributed by atoms with Crippen molar-refractivity contribution >= 4 is 64.1 Å². The molecule has 3 N–H and O–H groups in total. The first kappa shape index (κ1) is 28.8. The minimum Gasteiger partial charge on any atom is -0.468 e. The van der Waals surface area contributed by atoms with Crippen LogP contribution in [-0.4, -0.2) is 30.6 Å².